The third-order valence-electron chi connectivity index (χ3n) is 2.99. The molecular formula is C15H23Br. The zero-order valence-electron chi connectivity index (χ0n) is 10.7. The Balaban J connectivity index is 2.43. The maximum atomic E-state index is 3.74. The van der Waals surface area contributed by atoms with Crippen LogP contribution in [0.25, 0.3) is 0 Å². The summed E-state index contributed by atoms with van der Waals surface area (Å²) in [6, 6.07) is 9.12. The fraction of sp³-hybridized carbons (Fsp3) is 0.600. The summed E-state index contributed by atoms with van der Waals surface area (Å²) < 4.78 is 0. The summed E-state index contributed by atoms with van der Waals surface area (Å²) in [6.45, 7) is 6.76. The molecule has 0 nitrogen and oxygen atoms in total. The number of aryl methyl sites for hydroxylation is 2. The van der Waals surface area contributed by atoms with Gasteiger partial charge in [0.05, 0.1) is 0 Å². The number of alkyl halides is 1. The van der Waals surface area contributed by atoms with E-state index in [2.05, 4.69) is 61.0 Å². The highest BCUT2D eigenvalue weighted by atomic mass is 79.9. The minimum Gasteiger partial charge on any atom is -0.0888 e. The van der Waals surface area contributed by atoms with Gasteiger partial charge in [0.25, 0.3) is 0 Å². The molecule has 0 aliphatic carbocycles. The smallest absolute Gasteiger partial charge is 0.0172 e. The number of benzene rings is 1. The second-order valence-corrected chi connectivity index (χ2v) is 6.04. The predicted molar refractivity (Wildman–Crippen MR) is 76.3 cm³/mol. The molecule has 0 aliphatic rings. The number of hydrogen-bond donors (Lipinski definition) is 0. The summed E-state index contributed by atoms with van der Waals surface area (Å²) in [7, 11) is 0. The molecule has 0 saturated heterocycles. The van der Waals surface area contributed by atoms with Gasteiger partial charge in [-0.2, -0.15) is 0 Å². The highest BCUT2D eigenvalue weighted by Gasteiger charge is 2.08. The molecular weight excluding hydrogens is 260 g/mol. The number of rotatable bonds is 6. The molecule has 1 aromatic rings. The normalized spacial score (nSPS) is 13.1. The van der Waals surface area contributed by atoms with Crippen molar-refractivity contribution in [2.45, 2.75) is 51.3 Å². The molecule has 0 radical (unpaired) electrons. The first-order chi connectivity index (χ1) is 7.63. The SMILES string of the molecule is CCCc1ccc(CCC(Br)C(C)C)cc1. The summed E-state index contributed by atoms with van der Waals surface area (Å²) >= 11 is 3.74. The molecule has 16 heavy (non-hydrogen) atoms. The molecule has 1 aromatic carbocycles. The summed E-state index contributed by atoms with van der Waals surface area (Å²) in [5.41, 5.74) is 2.93. The molecule has 0 heterocycles. The van der Waals surface area contributed by atoms with Crippen molar-refractivity contribution in [3.8, 4) is 0 Å². The molecule has 90 valence electrons. The van der Waals surface area contributed by atoms with Crippen LogP contribution in [-0.4, -0.2) is 4.83 Å². The molecule has 0 saturated carbocycles. The molecule has 0 N–H and O–H groups in total. The van der Waals surface area contributed by atoms with Crippen molar-refractivity contribution in [1.82, 2.24) is 0 Å². The van der Waals surface area contributed by atoms with E-state index in [1.807, 2.05) is 0 Å². The van der Waals surface area contributed by atoms with Gasteiger partial charge >= 0.3 is 0 Å². The fourth-order valence-corrected chi connectivity index (χ4v) is 2.03. The van der Waals surface area contributed by atoms with Gasteiger partial charge in [-0.3, -0.25) is 0 Å². The van der Waals surface area contributed by atoms with Crippen LogP contribution in [0, 0.1) is 5.92 Å². The Bertz CT molecular complexity index is 287. The molecule has 1 atom stereocenters. The van der Waals surface area contributed by atoms with E-state index in [0.29, 0.717) is 4.83 Å². The Labute approximate surface area is 109 Å². The van der Waals surface area contributed by atoms with Crippen LogP contribution >= 0.6 is 15.9 Å². The molecule has 0 bridgehead atoms. The molecule has 1 rings (SSSR count). The van der Waals surface area contributed by atoms with E-state index in [4.69, 9.17) is 0 Å². The van der Waals surface area contributed by atoms with Crippen LogP contribution < -0.4 is 0 Å². The van der Waals surface area contributed by atoms with Gasteiger partial charge in [0.15, 0.2) is 0 Å². The average Bonchev–Trinajstić information content (AvgIpc) is 2.28. The van der Waals surface area contributed by atoms with Gasteiger partial charge in [0, 0.05) is 4.83 Å². The Kier molecular flexibility index (Phi) is 6.12. The van der Waals surface area contributed by atoms with Gasteiger partial charge in [-0.15, -0.1) is 0 Å². The van der Waals surface area contributed by atoms with Crippen molar-refractivity contribution < 1.29 is 0 Å². The quantitative estimate of drug-likeness (QED) is 0.645. The van der Waals surface area contributed by atoms with Crippen LogP contribution in [0.1, 0.15) is 44.7 Å². The molecule has 0 fully saturated rings. The van der Waals surface area contributed by atoms with E-state index in [9.17, 15) is 0 Å². The molecule has 0 spiro atoms. The lowest BCUT2D eigenvalue weighted by Crippen LogP contribution is -2.08. The standard InChI is InChI=1S/C15H23Br/c1-4-5-13-6-8-14(9-7-13)10-11-15(16)12(2)3/h6-9,12,15H,4-5,10-11H2,1-3H3. The summed E-state index contributed by atoms with van der Waals surface area (Å²) in [4.78, 5) is 0.641. The van der Waals surface area contributed by atoms with Crippen LogP contribution in [0.2, 0.25) is 0 Å². The maximum absolute atomic E-state index is 3.74. The van der Waals surface area contributed by atoms with Crippen molar-refractivity contribution in [2.75, 3.05) is 0 Å². The Morgan fingerprint density at radius 1 is 1.00 bits per heavy atom. The van der Waals surface area contributed by atoms with E-state index in [1.54, 1.807) is 0 Å². The third kappa shape index (κ3) is 4.69. The van der Waals surface area contributed by atoms with E-state index >= 15 is 0 Å². The third-order valence-corrected chi connectivity index (χ3v) is 4.51. The first-order valence-corrected chi connectivity index (χ1v) is 7.27. The van der Waals surface area contributed by atoms with Crippen LogP contribution in [0.4, 0.5) is 0 Å². The Hall–Kier alpha value is -0.300. The fourth-order valence-electron chi connectivity index (χ4n) is 1.80. The maximum Gasteiger partial charge on any atom is 0.0172 e. The van der Waals surface area contributed by atoms with Crippen molar-refractivity contribution >= 4 is 15.9 Å². The number of hydrogen-bond acceptors (Lipinski definition) is 0. The Morgan fingerprint density at radius 2 is 1.50 bits per heavy atom. The number of halogens is 1. The van der Waals surface area contributed by atoms with Crippen LogP contribution in [0.5, 0.6) is 0 Å². The molecule has 0 aromatic heterocycles. The average molecular weight is 283 g/mol. The second-order valence-electron chi connectivity index (χ2n) is 4.87. The minimum absolute atomic E-state index is 0.641. The summed E-state index contributed by atoms with van der Waals surface area (Å²) in [6.07, 6.45) is 4.84. The highest BCUT2D eigenvalue weighted by molar-refractivity contribution is 9.09. The highest BCUT2D eigenvalue weighted by Crippen LogP contribution is 2.18. The van der Waals surface area contributed by atoms with E-state index in [-0.39, 0.29) is 0 Å². The molecule has 1 unspecified atom stereocenters. The molecule has 1 heteroatoms. The van der Waals surface area contributed by atoms with Gasteiger partial charge in [0.1, 0.15) is 0 Å². The largest absolute Gasteiger partial charge is 0.0888 e. The first kappa shape index (κ1) is 13.8. The van der Waals surface area contributed by atoms with Gasteiger partial charge in [-0.1, -0.05) is 67.4 Å². The van der Waals surface area contributed by atoms with Gasteiger partial charge in [-0.25, -0.2) is 0 Å². The van der Waals surface area contributed by atoms with E-state index in [0.717, 1.165) is 5.92 Å². The monoisotopic (exact) mass is 282 g/mol. The summed E-state index contributed by atoms with van der Waals surface area (Å²) in [5, 5.41) is 0. The van der Waals surface area contributed by atoms with Crippen LogP contribution in [0.3, 0.4) is 0 Å². The van der Waals surface area contributed by atoms with Crippen molar-refractivity contribution in [3.05, 3.63) is 35.4 Å². The van der Waals surface area contributed by atoms with Gasteiger partial charge < -0.3 is 0 Å². The van der Waals surface area contributed by atoms with Crippen molar-refractivity contribution in [2.24, 2.45) is 5.92 Å². The van der Waals surface area contributed by atoms with Gasteiger partial charge in [0.2, 0.25) is 0 Å². The van der Waals surface area contributed by atoms with E-state index < -0.39 is 0 Å². The molecule has 0 amide bonds. The minimum atomic E-state index is 0.641. The van der Waals surface area contributed by atoms with Crippen molar-refractivity contribution in [3.63, 3.8) is 0 Å². The van der Waals surface area contributed by atoms with Crippen LogP contribution in [-0.2, 0) is 12.8 Å². The lowest BCUT2D eigenvalue weighted by molar-refractivity contribution is 0.582. The first-order valence-electron chi connectivity index (χ1n) is 6.35. The lowest BCUT2D eigenvalue weighted by Gasteiger charge is -2.13. The zero-order chi connectivity index (χ0) is 12.0. The topological polar surface area (TPSA) is 0 Å². The van der Waals surface area contributed by atoms with Gasteiger partial charge in [-0.05, 0) is 36.3 Å². The lowest BCUT2D eigenvalue weighted by atomic mass is 10.0. The molecule has 0 aliphatic heterocycles. The Morgan fingerprint density at radius 3 is 1.94 bits per heavy atom. The van der Waals surface area contributed by atoms with Crippen molar-refractivity contribution in [1.29, 1.82) is 0 Å². The summed E-state index contributed by atoms with van der Waals surface area (Å²) in [5.74, 6) is 0.722. The van der Waals surface area contributed by atoms with E-state index in [1.165, 1.54) is 36.8 Å². The zero-order valence-corrected chi connectivity index (χ0v) is 12.3. The van der Waals surface area contributed by atoms with Crippen LogP contribution in [0.15, 0.2) is 24.3 Å². The predicted octanol–water partition coefficient (Wildman–Crippen LogP) is 4.99. The second kappa shape index (κ2) is 7.11.